The molecule has 1 aliphatic heterocycles. The second-order valence-corrected chi connectivity index (χ2v) is 3.58. The normalized spacial score (nSPS) is 16.0. The maximum atomic E-state index is 11.2. The van der Waals surface area contributed by atoms with Crippen molar-refractivity contribution in [2.75, 3.05) is 7.05 Å². The van der Waals surface area contributed by atoms with Crippen LogP contribution in [0, 0.1) is 0 Å². The van der Waals surface area contributed by atoms with E-state index in [0.717, 1.165) is 11.3 Å². The second-order valence-electron chi connectivity index (χ2n) is 3.15. The minimum absolute atomic E-state index is 0.0231. The van der Waals surface area contributed by atoms with Crippen LogP contribution in [0.4, 0.5) is 0 Å². The molecular weight excluding hydrogens is 202 g/mol. The lowest BCUT2D eigenvalue weighted by Crippen LogP contribution is -2.14. The highest BCUT2D eigenvalue weighted by Gasteiger charge is 2.20. The molecular formula is C10H9ClN2O. The van der Waals surface area contributed by atoms with Gasteiger partial charge in [0.1, 0.15) is 0 Å². The largest absolute Gasteiger partial charge is 0.273 e. The Morgan fingerprint density at radius 2 is 2.07 bits per heavy atom. The van der Waals surface area contributed by atoms with Gasteiger partial charge in [0.2, 0.25) is 5.91 Å². The van der Waals surface area contributed by atoms with Gasteiger partial charge in [0.05, 0.1) is 12.1 Å². The molecule has 4 heteroatoms. The van der Waals surface area contributed by atoms with E-state index in [2.05, 4.69) is 5.10 Å². The minimum Gasteiger partial charge on any atom is -0.273 e. The van der Waals surface area contributed by atoms with Crippen LogP contribution in [-0.4, -0.2) is 23.7 Å². The van der Waals surface area contributed by atoms with Gasteiger partial charge in [-0.05, 0) is 17.7 Å². The number of amides is 1. The SMILES string of the molecule is CN1N=[14C](c2ccc(Cl)cc2)CC1=O. The number of hydrogen-bond acceptors (Lipinski definition) is 2. The van der Waals surface area contributed by atoms with Gasteiger partial charge in [-0.1, -0.05) is 23.7 Å². The Kier molecular flexibility index (Phi) is 2.25. The van der Waals surface area contributed by atoms with Crippen LogP contribution in [0.1, 0.15) is 12.0 Å². The fraction of sp³-hybridized carbons (Fsp3) is 0.200. The quantitative estimate of drug-likeness (QED) is 0.697. The topological polar surface area (TPSA) is 32.7 Å². The molecule has 3 nitrogen and oxygen atoms in total. The van der Waals surface area contributed by atoms with Crippen molar-refractivity contribution in [1.29, 1.82) is 0 Å². The smallest absolute Gasteiger partial charge is 0.248 e. The van der Waals surface area contributed by atoms with Crippen LogP contribution < -0.4 is 0 Å². The third-order valence-corrected chi connectivity index (χ3v) is 2.38. The zero-order valence-corrected chi connectivity index (χ0v) is 8.45. The molecule has 14 heavy (non-hydrogen) atoms. The molecule has 1 aliphatic rings. The molecule has 1 heterocycles. The van der Waals surface area contributed by atoms with E-state index >= 15 is 0 Å². The Balaban J connectivity index is 2.29. The summed E-state index contributed by atoms with van der Waals surface area (Å²) in [6, 6.07) is 7.33. The van der Waals surface area contributed by atoms with E-state index in [4.69, 9.17) is 11.6 Å². The van der Waals surface area contributed by atoms with Gasteiger partial charge in [-0.15, -0.1) is 0 Å². The maximum Gasteiger partial charge on any atom is 0.248 e. The van der Waals surface area contributed by atoms with Crippen molar-refractivity contribution in [3.63, 3.8) is 0 Å². The third-order valence-electron chi connectivity index (χ3n) is 2.13. The van der Waals surface area contributed by atoms with Crippen molar-refractivity contribution in [2.45, 2.75) is 6.42 Å². The summed E-state index contributed by atoms with van der Waals surface area (Å²) in [4.78, 5) is 11.2. The number of benzene rings is 1. The first-order valence-electron chi connectivity index (χ1n) is 4.27. The number of carbonyl (C=O) groups excluding carboxylic acids is 1. The molecule has 0 atom stereocenters. The highest BCUT2D eigenvalue weighted by atomic mass is 35.5. The third kappa shape index (κ3) is 1.63. The van der Waals surface area contributed by atoms with Gasteiger partial charge in [-0.3, -0.25) is 4.79 Å². The summed E-state index contributed by atoms with van der Waals surface area (Å²) in [5.41, 5.74) is 1.75. The highest BCUT2D eigenvalue weighted by Crippen LogP contribution is 2.16. The molecule has 0 fully saturated rings. The molecule has 0 aromatic heterocycles. The minimum atomic E-state index is 0.0231. The van der Waals surface area contributed by atoms with Crippen LogP contribution >= 0.6 is 11.6 Å². The number of rotatable bonds is 1. The predicted octanol–water partition coefficient (Wildman–Crippen LogP) is 1.91. The zero-order chi connectivity index (χ0) is 10.1. The molecule has 0 spiro atoms. The van der Waals surface area contributed by atoms with E-state index in [-0.39, 0.29) is 5.91 Å². The van der Waals surface area contributed by atoms with Gasteiger partial charge in [-0.2, -0.15) is 5.10 Å². The summed E-state index contributed by atoms with van der Waals surface area (Å²) < 4.78 is 0. The average Bonchev–Trinajstić information content (AvgIpc) is 2.48. The molecule has 0 saturated carbocycles. The Hall–Kier alpha value is -1.35. The average molecular weight is 211 g/mol. The van der Waals surface area contributed by atoms with Crippen molar-refractivity contribution in [1.82, 2.24) is 5.01 Å². The fourth-order valence-electron chi connectivity index (χ4n) is 1.33. The van der Waals surface area contributed by atoms with Gasteiger partial charge >= 0.3 is 0 Å². The van der Waals surface area contributed by atoms with E-state index in [0.29, 0.717) is 11.4 Å². The standard InChI is InChI=1S/C10H9ClN2O/c1-13-10(14)6-9(12-13)7-2-4-8(11)5-3-7/h2-5H,6H2,1H3/i9+2. The molecule has 0 unspecified atom stereocenters. The van der Waals surface area contributed by atoms with Crippen LogP contribution in [-0.2, 0) is 4.79 Å². The molecule has 1 aromatic carbocycles. The van der Waals surface area contributed by atoms with Crippen molar-refractivity contribution >= 4 is 23.2 Å². The van der Waals surface area contributed by atoms with E-state index in [1.54, 1.807) is 19.2 Å². The van der Waals surface area contributed by atoms with E-state index in [9.17, 15) is 4.79 Å². The van der Waals surface area contributed by atoms with Crippen LogP contribution in [0.15, 0.2) is 29.4 Å². The Morgan fingerprint density at radius 3 is 2.57 bits per heavy atom. The summed E-state index contributed by atoms with van der Waals surface area (Å²) in [7, 11) is 1.66. The van der Waals surface area contributed by atoms with Gasteiger partial charge in [-0.25, -0.2) is 5.01 Å². The monoisotopic (exact) mass is 210 g/mol. The highest BCUT2D eigenvalue weighted by molar-refractivity contribution is 6.30. The van der Waals surface area contributed by atoms with Crippen LogP contribution in [0.2, 0.25) is 5.02 Å². The molecule has 1 aromatic rings. The van der Waals surface area contributed by atoms with Crippen molar-refractivity contribution in [3.05, 3.63) is 34.9 Å². The zero-order valence-electron chi connectivity index (χ0n) is 7.70. The van der Waals surface area contributed by atoms with Crippen LogP contribution in [0.5, 0.6) is 0 Å². The van der Waals surface area contributed by atoms with Crippen LogP contribution in [0.3, 0.4) is 0 Å². The number of halogens is 1. The van der Waals surface area contributed by atoms with E-state index in [1.807, 2.05) is 12.1 Å². The summed E-state index contributed by atoms with van der Waals surface area (Å²) in [6.07, 6.45) is 0.373. The predicted molar refractivity (Wildman–Crippen MR) is 55.4 cm³/mol. The first-order chi connectivity index (χ1) is 6.66. The van der Waals surface area contributed by atoms with Gasteiger partial charge in [0.25, 0.3) is 0 Å². The molecule has 2 rings (SSSR count). The van der Waals surface area contributed by atoms with Crippen molar-refractivity contribution < 1.29 is 4.79 Å². The molecule has 1 amide bonds. The number of hydrazone groups is 1. The Bertz CT molecular complexity index is 397. The summed E-state index contributed by atoms with van der Waals surface area (Å²) >= 11 is 5.76. The molecule has 72 valence electrons. The first-order valence-corrected chi connectivity index (χ1v) is 4.64. The molecule has 0 radical (unpaired) electrons. The summed E-state index contributed by atoms with van der Waals surface area (Å²) in [5.74, 6) is 0.0231. The Morgan fingerprint density at radius 1 is 1.43 bits per heavy atom. The van der Waals surface area contributed by atoms with E-state index < -0.39 is 0 Å². The number of nitrogens with zero attached hydrogens (tertiary/aromatic N) is 2. The van der Waals surface area contributed by atoms with Gasteiger partial charge in [0, 0.05) is 12.1 Å². The van der Waals surface area contributed by atoms with Gasteiger partial charge in [0.15, 0.2) is 0 Å². The molecule has 0 aliphatic carbocycles. The van der Waals surface area contributed by atoms with Crippen molar-refractivity contribution in [3.8, 4) is 0 Å². The summed E-state index contributed by atoms with van der Waals surface area (Å²) in [5, 5.41) is 6.18. The van der Waals surface area contributed by atoms with E-state index in [1.165, 1.54) is 5.01 Å². The Labute approximate surface area is 87.0 Å². The lowest BCUT2D eigenvalue weighted by molar-refractivity contribution is -0.127. The number of hydrogen-bond donors (Lipinski definition) is 0. The first kappa shape index (κ1) is 9.21. The molecule has 0 N–H and O–H groups in total. The molecule has 0 saturated heterocycles. The number of carbonyl (C=O) groups is 1. The molecule has 0 bridgehead atoms. The van der Waals surface area contributed by atoms with Gasteiger partial charge < -0.3 is 0 Å². The lowest BCUT2D eigenvalue weighted by atomic mass is 10.3. The second kappa shape index (κ2) is 3.42. The van der Waals surface area contributed by atoms with Crippen molar-refractivity contribution in [2.24, 2.45) is 5.10 Å². The maximum absolute atomic E-state index is 11.2. The fourth-order valence-corrected chi connectivity index (χ4v) is 1.46. The summed E-state index contributed by atoms with van der Waals surface area (Å²) in [6.45, 7) is 0. The van der Waals surface area contributed by atoms with Crippen LogP contribution in [0.25, 0.3) is 0 Å². The lowest BCUT2D eigenvalue weighted by Gasteiger charge is -1.99.